The van der Waals surface area contributed by atoms with Gasteiger partial charge < -0.3 is 10.6 Å². The van der Waals surface area contributed by atoms with E-state index in [4.69, 9.17) is 0 Å². The molecule has 4 rings (SSSR count). The van der Waals surface area contributed by atoms with Gasteiger partial charge in [-0.2, -0.15) is 0 Å². The van der Waals surface area contributed by atoms with Crippen LogP contribution in [0.3, 0.4) is 0 Å². The number of aryl methyl sites for hydroxylation is 2. The third-order valence-electron chi connectivity index (χ3n) is 5.85. The minimum atomic E-state index is -1.36. The van der Waals surface area contributed by atoms with Crippen LogP contribution in [0.4, 0.5) is 14.9 Å². The number of benzene rings is 3. The van der Waals surface area contributed by atoms with Gasteiger partial charge in [-0.25, -0.2) is 9.18 Å². The smallest absolute Gasteiger partial charge is 0.325 e. The highest BCUT2D eigenvalue weighted by atomic mass is 32.2. The first-order chi connectivity index (χ1) is 16.2. The van der Waals surface area contributed by atoms with E-state index in [1.165, 1.54) is 42.3 Å². The molecule has 34 heavy (non-hydrogen) atoms. The van der Waals surface area contributed by atoms with E-state index in [2.05, 4.69) is 42.7 Å². The summed E-state index contributed by atoms with van der Waals surface area (Å²) in [6.45, 7) is 5.25. The van der Waals surface area contributed by atoms with Crippen molar-refractivity contribution >= 4 is 35.3 Å². The highest BCUT2D eigenvalue weighted by Crippen LogP contribution is 2.31. The van der Waals surface area contributed by atoms with Crippen molar-refractivity contribution in [3.8, 4) is 0 Å². The van der Waals surface area contributed by atoms with E-state index >= 15 is 0 Å². The Kier molecular flexibility index (Phi) is 6.43. The Balaban J connectivity index is 1.38. The van der Waals surface area contributed by atoms with Crippen molar-refractivity contribution in [3.05, 3.63) is 89.2 Å². The predicted molar refractivity (Wildman–Crippen MR) is 129 cm³/mol. The third-order valence-corrected chi connectivity index (χ3v) is 6.85. The second-order valence-electron chi connectivity index (χ2n) is 8.37. The van der Waals surface area contributed by atoms with Crippen LogP contribution in [0.2, 0.25) is 0 Å². The molecule has 0 aromatic heterocycles. The van der Waals surface area contributed by atoms with Crippen LogP contribution >= 0.6 is 11.8 Å². The third kappa shape index (κ3) is 4.82. The van der Waals surface area contributed by atoms with E-state index in [0.717, 1.165) is 14.7 Å². The number of carbonyl (C=O) groups excluding carboxylic acids is 3. The molecule has 0 saturated carbocycles. The molecule has 0 aliphatic carbocycles. The zero-order chi connectivity index (χ0) is 24.5. The quantitative estimate of drug-likeness (QED) is 0.490. The second kappa shape index (κ2) is 9.30. The fourth-order valence-electron chi connectivity index (χ4n) is 3.68. The molecule has 1 aliphatic heterocycles. The molecule has 6 nitrogen and oxygen atoms in total. The lowest BCUT2D eigenvalue weighted by Gasteiger charge is -2.22. The van der Waals surface area contributed by atoms with Gasteiger partial charge in [0.1, 0.15) is 17.9 Å². The Morgan fingerprint density at radius 2 is 1.62 bits per heavy atom. The average molecular weight is 478 g/mol. The monoisotopic (exact) mass is 477 g/mol. The zero-order valence-electron chi connectivity index (χ0n) is 19.0. The normalized spacial score (nSPS) is 17.6. The molecule has 0 bridgehead atoms. The van der Waals surface area contributed by atoms with Crippen molar-refractivity contribution in [2.24, 2.45) is 0 Å². The van der Waals surface area contributed by atoms with Crippen LogP contribution in [0.1, 0.15) is 23.6 Å². The summed E-state index contributed by atoms with van der Waals surface area (Å²) in [4.78, 5) is 40.9. The summed E-state index contributed by atoms with van der Waals surface area (Å²) >= 11 is 1.62. The van der Waals surface area contributed by atoms with Crippen molar-refractivity contribution in [2.75, 3.05) is 11.9 Å². The fraction of sp³-hybridized carbons (Fsp3) is 0.192. The number of rotatable bonds is 6. The highest BCUT2D eigenvalue weighted by Gasteiger charge is 2.49. The van der Waals surface area contributed by atoms with Gasteiger partial charge in [-0.15, -0.1) is 0 Å². The minimum absolute atomic E-state index is 0.430. The van der Waals surface area contributed by atoms with E-state index in [1.54, 1.807) is 23.9 Å². The number of anilines is 1. The van der Waals surface area contributed by atoms with Crippen LogP contribution in [0, 0.1) is 19.7 Å². The summed E-state index contributed by atoms with van der Waals surface area (Å²) in [5.74, 6) is -1.51. The average Bonchev–Trinajstić information content (AvgIpc) is 3.02. The lowest BCUT2D eigenvalue weighted by atomic mass is 9.92. The van der Waals surface area contributed by atoms with E-state index in [-0.39, 0.29) is 0 Å². The fourth-order valence-corrected chi connectivity index (χ4v) is 4.60. The molecule has 1 aliphatic rings. The number of amides is 4. The van der Waals surface area contributed by atoms with Crippen molar-refractivity contribution in [3.63, 3.8) is 0 Å². The standard InChI is InChI=1S/C26H24FN3O3S/c1-16-4-11-22(14-17(16)2)34-21-12-9-20(10-13-21)28-23(31)15-30-24(32)26(3,29-25(30)33)18-5-7-19(27)8-6-18/h4-14H,15H2,1-3H3,(H,28,31)(H,29,33). The molecule has 1 fully saturated rings. The van der Waals surface area contributed by atoms with Crippen LogP contribution in [0.5, 0.6) is 0 Å². The predicted octanol–water partition coefficient (Wildman–Crippen LogP) is 5.00. The van der Waals surface area contributed by atoms with Crippen molar-refractivity contribution < 1.29 is 18.8 Å². The lowest BCUT2D eigenvalue weighted by Crippen LogP contribution is -2.42. The summed E-state index contributed by atoms with van der Waals surface area (Å²) in [5.41, 5.74) is 2.10. The summed E-state index contributed by atoms with van der Waals surface area (Å²) in [6, 6.07) is 18.3. The first kappa shape index (κ1) is 23.5. The summed E-state index contributed by atoms with van der Waals surface area (Å²) < 4.78 is 13.3. The minimum Gasteiger partial charge on any atom is -0.325 e. The number of carbonyl (C=O) groups is 3. The number of hydrogen-bond donors (Lipinski definition) is 2. The number of imide groups is 1. The SMILES string of the molecule is Cc1ccc(Sc2ccc(NC(=O)CN3C(=O)NC(C)(c4ccc(F)cc4)C3=O)cc2)cc1C. The first-order valence-corrected chi connectivity index (χ1v) is 11.5. The molecular formula is C26H24FN3O3S. The van der Waals surface area contributed by atoms with Gasteiger partial charge in [0.05, 0.1) is 0 Å². The summed E-state index contributed by atoms with van der Waals surface area (Å²) in [7, 11) is 0. The van der Waals surface area contributed by atoms with Crippen molar-refractivity contribution in [1.29, 1.82) is 0 Å². The molecule has 1 unspecified atom stereocenters. The molecule has 0 spiro atoms. The van der Waals surface area contributed by atoms with Gasteiger partial charge in [0.15, 0.2) is 0 Å². The van der Waals surface area contributed by atoms with E-state index in [9.17, 15) is 18.8 Å². The number of nitrogens with zero attached hydrogens (tertiary/aromatic N) is 1. The molecule has 4 amide bonds. The maximum atomic E-state index is 13.3. The van der Waals surface area contributed by atoms with Gasteiger partial charge >= 0.3 is 6.03 Å². The van der Waals surface area contributed by atoms with Gasteiger partial charge in [0.2, 0.25) is 5.91 Å². The molecule has 3 aromatic rings. The van der Waals surface area contributed by atoms with Crippen LogP contribution in [0.25, 0.3) is 0 Å². The van der Waals surface area contributed by atoms with Crippen LogP contribution in [0.15, 0.2) is 76.5 Å². The summed E-state index contributed by atoms with van der Waals surface area (Å²) in [5, 5.41) is 5.33. The lowest BCUT2D eigenvalue weighted by molar-refractivity contribution is -0.133. The van der Waals surface area contributed by atoms with Crippen LogP contribution < -0.4 is 10.6 Å². The molecule has 2 N–H and O–H groups in total. The van der Waals surface area contributed by atoms with Gasteiger partial charge in [-0.3, -0.25) is 14.5 Å². The van der Waals surface area contributed by atoms with E-state index < -0.39 is 35.7 Å². The maximum absolute atomic E-state index is 13.3. The number of halogens is 1. The molecule has 3 aromatic carbocycles. The topological polar surface area (TPSA) is 78.5 Å². The highest BCUT2D eigenvalue weighted by molar-refractivity contribution is 7.99. The molecule has 8 heteroatoms. The van der Waals surface area contributed by atoms with Gasteiger partial charge in [0, 0.05) is 15.5 Å². The maximum Gasteiger partial charge on any atom is 0.325 e. The molecule has 0 radical (unpaired) electrons. The van der Waals surface area contributed by atoms with Crippen molar-refractivity contribution in [2.45, 2.75) is 36.1 Å². The van der Waals surface area contributed by atoms with Gasteiger partial charge in [-0.1, -0.05) is 30.0 Å². The number of hydrogen-bond acceptors (Lipinski definition) is 4. The molecule has 1 atom stereocenters. The van der Waals surface area contributed by atoms with Gasteiger partial charge in [-0.05, 0) is 86.0 Å². The molecule has 1 heterocycles. The molecule has 174 valence electrons. The Morgan fingerprint density at radius 3 is 2.26 bits per heavy atom. The van der Waals surface area contributed by atoms with Crippen molar-refractivity contribution in [1.82, 2.24) is 10.2 Å². The van der Waals surface area contributed by atoms with Gasteiger partial charge in [0.25, 0.3) is 5.91 Å². The Labute approximate surface area is 201 Å². The Morgan fingerprint density at radius 1 is 0.971 bits per heavy atom. The Hall–Kier alpha value is -3.65. The largest absolute Gasteiger partial charge is 0.325 e. The zero-order valence-corrected chi connectivity index (χ0v) is 19.8. The summed E-state index contributed by atoms with van der Waals surface area (Å²) in [6.07, 6.45) is 0. The van der Waals surface area contributed by atoms with Crippen LogP contribution in [-0.2, 0) is 15.1 Å². The molecular weight excluding hydrogens is 453 g/mol. The number of nitrogens with one attached hydrogen (secondary N) is 2. The van der Waals surface area contributed by atoms with Crippen LogP contribution in [-0.4, -0.2) is 29.3 Å². The van der Waals surface area contributed by atoms with E-state index in [0.29, 0.717) is 11.3 Å². The second-order valence-corrected chi connectivity index (χ2v) is 9.52. The first-order valence-electron chi connectivity index (χ1n) is 10.7. The molecule has 1 saturated heterocycles. The Bertz CT molecular complexity index is 1260. The van der Waals surface area contributed by atoms with E-state index in [1.807, 2.05) is 12.1 Å². The number of urea groups is 1.